The summed E-state index contributed by atoms with van der Waals surface area (Å²) in [4.78, 5) is 11.9. The van der Waals surface area contributed by atoms with Crippen molar-refractivity contribution in [2.45, 2.75) is 63.4 Å². The Morgan fingerprint density at radius 1 is 1.11 bits per heavy atom. The van der Waals surface area contributed by atoms with E-state index in [1.165, 1.54) is 50.0 Å². The maximum Gasteiger partial charge on any atom is 0.133 e. The van der Waals surface area contributed by atoms with Crippen molar-refractivity contribution < 1.29 is 9.53 Å². The molecule has 1 spiro atoms. The molecular formula is C16H26O2S. The summed E-state index contributed by atoms with van der Waals surface area (Å²) in [6.45, 7) is 0.931. The summed E-state index contributed by atoms with van der Waals surface area (Å²) in [5.74, 6) is 4.44. The van der Waals surface area contributed by atoms with Gasteiger partial charge in [0.25, 0.3) is 0 Å². The van der Waals surface area contributed by atoms with Gasteiger partial charge in [0.05, 0.1) is 5.60 Å². The van der Waals surface area contributed by atoms with Crippen LogP contribution in [0.3, 0.4) is 0 Å². The molecule has 0 N–H and O–H groups in total. The van der Waals surface area contributed by atoms with E-state index in [2.05, 4.69) is 11.8 Å². The van der Waals surface area contributed by atoms with Crippen molar-refractivity contribution in [1.82, 2.24) is 0 Å². The maximum absolute atomic E-state index is 11.9. The number of Topliss-reactive ketones (excluding diaryl/α,β-unsaturated/α-hetero) is 1. The Balaban J connectivity index is 1.65. The number of ketones is 1. The van der Waals surface area contributed by atoms with Gasteiger partial charge in [0.1, 0.15) is 5.78 Å². The summed E-state index contributed by atoms with van der Waals surface area (Å²) in [5.41, 5.74) is 0.184. The number of hydrogen-bond donors (Lipinski definition) is 0. The monoisotopic (exact) mass is 282 g/mol. The Labute approximate surface area is 121 Å². The lowest BCUT2D eigenvalue weighted by Gasteiger charge is -2.45. The van der Waals surface area contributed by atoms with Crippen LogP contribution in [0.1, 0.15) is 57.8 Å². The number of carbonyl (C=O) groups is 1. The molecule has 0 aromatic rings. The van der Waals surface area contributed by atoms with E-state index in [9.17, 15) is 4.79 Å². The molecule has 0 aromatic carbocycles. The van der Waals surface area contributed by atoms with Crippen LogP contribution in [0.25, 0.3) is 0 Å². The van der Waals surface area contributed by atoms with Gasteiger partial charge in [-0.1, -0.05) is 6.42 Å². The van der Waals surface area contributed by atoms with Gasteiger partial charge < -0.3 is 4.74 Å². The molecule has 3 fully saturated rings. The van der Waals surface area contributed by atoms with Gasteiger partial charge in [-0.3, -0.25) is 4.79 Å². The second-order valence-corrected chi connectivity index (χ2v) is 7.87. The molecule has 2 atom stereocenters. The Hall–Kier alpha value is -0.0200. The van der Waals surface area contributed by atoms with Crippen molar-refractivity contribution in [3.05, 3.63) is 0 Å². The zero-order valence-corrected chi connectivity index (χ0v) is 12.7. The number of thioether (sulfide) groups is 1. The van der Waals surface area contributed by atoms with Gasteiger partial charge in [-0.2, -0.15) is 11.8 Å². The van der Waals surface area contributed by atoms with Crippen molar-refractivity contribution in [2.75, 3.05) is 18.1 Å². The SMILES string of the molecule is O=C1CCCCC(C2CCOC3(CCSCC3)C2)C1. The third-order valence-corrected chi connectivity index (χ3v) is 6.36. The molecule has 0 bridgehead atoms. The first-order valence-corrected chi connectivity index (χ1v) is 9.16. The smallest absolute Gasteiger partial charge is 0.133 e. The minimum absolute atomic E-state index is 0.184. The van der Waals surface area contributed by atoms with E-state index < -0.39 is 0 Å². The average Bonchev–Trinajstić information content (AvgIpc) is 2.64. The summed E-state index contributed by atoms with van der Waals surface area (Å²) >= 11 is 2.07. The fraction of sp³-hybridized carbons (Fsp3) is 0.938. The van der Waals surface area contributed by atoms with Crippen LogP contribution in [-0.2, 0) is 9.53 Å². The van der Waals surface area contributed by atoms with Gasteiger partial charge in [0.2, 0.25) is 0 Å². The molecule has 3 rings (SSSR count). The molecular weight excluding hydrogens is 256 g/mol. The fourth-order valence-electron chi connectivity index (χ4n) is 4.19. The predicted molar refractivity (Wildman–Crippen MR) is 79.5 cm³/mol. The van der Waals surface area contributed by atoms with E-state index >= 15 is 0 Å². The summed E-state index contributed by atoms with van der Waals surface area (Å²) < 4.78 is 6.19. The normalized spacial score (nSPS) is 36.1. The van der Waals surface area contributed by atoms with Crippen LogP contribution in [0.5, 0.6) is 0 Å². The van der Waals surface area contributed by atoms with Crippen LogP contribution >= 0.6 is 11.8 Å². The molecule has 0 radical (unpaired) electrons. The van der Waals surface area contributed by atoms with E-state index in [4.69, 9.17) is 4.74 Å². The Bertz CT molecular complexity index is 317. The lowest BCUT2D eigenvalue weighted by molar-refractivity contribution is -0.124. The first-order valence-electron chi connectivity index (χ1n) is 8.01. The Morgan fingerprint density at radius 3 is 2.79 bits per heavy atom. The van der Waals surface area contributed by atoms with Gasteiger partial charge in [-0.25, -0.2) is 0 Å². The van der Waals surface area contributed by atoms with Gasteiger partial charge in [-0.15, -0.1) is 0 Å². The van der Waals surface area contributed by atoms with Crippen molar-refractivity contribution in [1.29, 1.82) is 0 Å². The highest BCUT2D eigenvalue weighted by Crippen LogP contribution is 2.44. The molecule has 2 unspecified atom stereocenters. The zero-order chi connectivity index (χ0) is 13.1. The first-order chi connectivity index (χ1) is 9.27. The minimum Gasteiger partial charge on any atom is -0.375 e. The second kappa shape index (κ2) is 6.17. The third kappa shape index (κ3) is 3.36. The Morgan fingerprint density at radius 2 is 1.95 bits per heavy atom. The van der Waals surface area contributed by atoms with Crippen LogP contribution in [0, 0.1) is 11.8 Å². The first kappa shape index (κ1) is 13.9. The molecule has 2 saturated heterocycles. The maximum atomic E-state index is 11.9. The van der Waals surface area contributed by atoms with Crippen LogP contribution in [0.15, 0.2) is 0 Å². The van der Waals surface area contributed by atoms with Gasteiger partial charge in [0, 0.05) is 19.4 Å². The highest BCUT2D eigenvalue weighted by molar-refractivity contribution is 7.99. The molecule has 1 aliphatic carbocycles. The number of ether oxygens (including phenoxy) is 1. The molecule has 0 aromatic heterocycles. The minimum atomic E-state index is 0.184. The van der Waals surface area contributed by atoms with Crippen LogP contribution in [0.4, 0.5) is 0 Å². The molecule has 108 valence electrons. The molecule has 2 heterocycles. The predicted octanol–water partition coefficient (Wildman–Crippen LogP) is 3.83. The lowest BCUT2D eigenvalue weighted by atomic mass is 9.73. The zero-order valence-electron chi connectivity index (χ0n) is 11.9. The van der Waals surface area contributed by atoms with E-state index in [0.717, 1.165) is 31.8 Å². The van der Waals surface area contributed by atoms with Gasteiger partial charge in [-0.05, 0) is 61.9 Å². The van der Waals surface area contributed by atoms with Crippen molar-refractivity contribution >= 4 is 17.5 Å². The topological polar surface area (TPSA) is 26.3 Å². The van der Waals surface area contributed by atoms with E-state index in [1.54, 1.807) is 0 Å². The Kier molecular flexibility index (Phi) is 4.53. The lowest BCUT2D eigenvalue weighted by Crippen LogP contribution is -2.44. The summed E-state index contributed by atoms with van der Waals surface area (Å²) in [6.07, 6.45) is 10.2. The van der Waals surface area contributed by atoms with Crippen molar-refractivity contribution in [2.24, 2.45) is 11.8 Å². The highest BCUT2D eigenvalue weighted by atomic mass is 32.2. The van der Waals surface area contributed by atoms with Gasteiger partial charge in [0.15, 0.2) is 0 Å². The van der Waals surface area contributed by atoms with Gasteiger partial charge >= 0.3 is 0 Å². The molecule has 3 heteroatoms. The summed E-state index contributed by atoms with van der Waals surface area (Å²) in [6, 6.07) is 0. The molecule has 1 saturated carbocycles. The van der Waals surface area contributed by atoms with E-state index in [0.29, 0.717) is 11.7 Å². The fourth-order valence-corrected chi connectivity index (χ4v) is 5.42. The largest absolute Gasteiger partial charge is 0.375 e. The van der Waals surface area contributed by atoms with Crippen LogP contribution < -0.4 is 0 Å². The number of hydrogen-bond acceptors (Lipinski definition) is 3. The van der Waals surface area contributed by atoms with E-state index in [1.807, 2.05) is 0 Å². The standard InChI is InChI=1S/C16H26O2S/c17-15-4-2-1-3-13(11-15)14-5-8-18-16(12-14)6-9-19-10-7-16/h13-14H,1-12H2. The number of carbonyl (C=O) groups excluding carboxylic acids is 1. The van der Waals surface area contributed by atoms with Crippen LogP contribution in [-0.4, -0.2) is 29.5 Å². The average molecular weight is 282 g/mol. The van der Waals surface area contributed by atoms with Crippen LogP contribution in [0.2, 0.25) is 0 Å². The second-order valence-electron chi connectivity index (χ2n) is 6.65. The quantitative estimate of drug-likeness (QED) is 0.684. The van der Waals surface area contributed by atoms with Crippen molar-refractivity contribution in [3.63, 3.8) is 0 Å². The number of rotatable bonds is 1. The molecule has 19 heavy (non-hydrogen) atoms. The highest BCUT2D eigenvalue weighted by Gasteiger charge is 2.41. The third-order valence-electron chi connectivity index (χ3n) is 5.37. The molecule has 2 aliphatic heterocycles. The van der Waals surface area contributed by atoms with E-state index in [-0.39, 0.29) is 5.60 Å². The summed E-state index contributed by atoms with van der Waals surface area (Å²) in [7, 11) is 0. The van der Waals surface area contributed by atoms with Crippen molar-refractivity contribution in [3.8, 4) is 0 Å². The summed E-state index contributed by atoms with van der Waals surface area (Å²) in [5, 5.41) is 0. The molecule has 2 nitrogen and oxygen atoms in total. The molecule has 3 aliphatic rings. The molecule has 0 amide bonds.